The predicted molar refractivity (Wildman–Crippen MR) is 92.1 cm³/mol. The number of nitrogens with zero attached hydrogens (tertiary/aromatic N) is 4. The van der Waals surface area contributed by atoms with Crippen LogP contribution in [-0.4, -0.2) is 32.4 Å². The van der Waals surface area contributed by atoms with E-state index in [1.807, 2.05) is 16.9 Å². The highest BCUT2D eigenvalue weighted by Crippen LogP contribution is 2.17. The first-order valence-electron chi connectivity index (χ1n) is 8.51. The number of hydrogen-bond donors (Lipinski definition) is 1. The highest BCUT2D eigenvalue weighted by atomic mass is 32.1. The summed E-state index contributed by atoms with van der Waals surface area (Å²) < 4.78 is 3.39. The molecule has 1 fully saturated rings. The normalized spacial score (nSPS) is 16.1. The Morgan fingerprint density at radius 2 is 2.13 bits per heavy atom. The number of piperidine rings is 1. The zero-order valence-electron chi connectivity index (χ0n) is 13.9. The second-order valence-corrected chi connectivity index (χ2v) is 7.03. The summed E-state index contributed by atoms with van der Waals surface area (Å²) >= 11 is 1.65. The van der Waals surface area contributed by atoms with Gasteiger partial charge in [0.1, 0.15) is 5.82 Å². The molecule has 0 radical (unpaired) electrons. The van der Waals surface area contributed by atoms with Gasteiger partial charge in [-0.15, -0.1) is 11.3 Å². The van der Waals surface area contributed by atoms with E-state index < -0.39 is 0 Å². The summed E-state index contributed by atoms with van der Waals surface area (Å²) in [5, 5.41) is 11.1. The Morgan fingerprint density at radius 3 is 2.78 bits per heavy atom. The molecule has 2 aromatic heterocycles. The van der Waals surface area contributed by atoms with Crippen LogP contribution in [0.15, 0.2) is 10.2 Å². The van der Waals surface area contributed by atoms with Crippen molar-refractivity contribution in [1.29, 1.82) is 0 Å². The van der Waals surface area contributed by atoms with Gasteiger partial charge in [-0.3, -0.25) is 4.57 Å². The van der Waals surface area contributed by atoms with E-state index in [0.29, 0.717) is 19.0 Å². The summed E-state index contributed by atoms with van der Waals surface area (Å²) in [6.07, 6.45) is 4.16. The third-order valence-corrected chi connectivity index (χ3v) is 5.50. The fourth-order valence-electron chi connectivity index (χ4n) is 3.14. The van der Waals surface area contributed by atoms with E-state index in [1.165, 1.54) is 0 Å². The number of aryl methyl sites for hydroxylation is 1. The average Bonchev–Trinajstić information content (AvgIpc) is 3.14. The highest BCUT2D eigenvalue weighted by molar-refractivity contribution is 7.09. The molecule has 126 valence electrons. The molecular formula is C16H25N5OS. The third-order valence-electron chi connectivity index (χ3n) is 4.46. The molecule has 6 nitrogen and oxygen atoms in total. The first-order chi connectivity index (χ1) is 11.2. The molecule has 0 spiro atoms. The summed E-state index contributed by atoms with van der Waals surface area (Å²) in [5.41, 5.74) is 0.922. The topological polar surface area (TPSA) is 64.7 Å². The third kappa shape index (κ3) is 3.72. The first kappa shape index (κ1) is 16.4. The van der Waals surface area contributed by atoms with Gasteiger partial charge >= 0.3 is 5.69 Å². The molecule has 1 N–H and O–H groups in total. The number of nitrogens with one attached hydrogen (secondary N) is 1. The minimum absolute atomic E-state index is 0.0116. The number of hydrogen-bond acceptors (Lipinski definition) is 5. The van der Waals surface area contributed by atoms with Crippen molar-refractivity contribution in [3.05, 3.63) is 32.4 Å². The zero-order valence-corrected chi connectivity index (χ0v) is 14.7. The average molecular weight is 335 g/mol. The molecule has 1 aliphatic rings. The van der Waals surface area contributed by atoms with Crippen molar-refractivity contribution in [3.8, 4) is 0 Å². The van der Waals surface area contributed by atoms with Gasteiger partial charge in [-0.2, -0.15) is 5.10 Å². The molecule has 0 saturated carbocycles. The lowest BCUT2D eigenvalue weighted by atomic mass is 9.94. The monoisotopic (exact) mass is 335 g/mol. The maximum atomic E-state index is 12.6. The molecular weight excluding hydrogens is 310 g/mol. The Balaban J connectivity index is 1.79. The molecule has 3 heterocycles. The van der Waals surface area contributed by atoms with E-state index in [4.69, 9.17) is 0 Å². The molecule has 0 atom stereocenters. The number of aromatic nitrogens is 4. The zero-order chi connectivity index (χ0) is 16.2. The summed E-state index contributed by atoms with van der Waals surface area (Å²) in [4.78, 5) is 17.1. The van der Waals surface area contributed by atoms with Crippen LogP contribution in [0.2, 0.25) is 0 Å². The molecule has 0 amide bonds. The maximum Gasteiger partial charge on any atom is 0.346 e. The van der Waals surface area contributed by atoms with E-state index in [2.05, 4.69) is 22.3 Å². The van der Waals surface area contributed by atoms with Gasteiger partial charge in [-0.25, -0.2) is 14.5 Å². The van der Waals surface area contributed by atoms with Crippen LogP contribution < -0.4 is 11.0 Å². The van der Waals surface area contributed by atoms with Crippen molar-refractivity contribution in [2.24, 2.45) is 5.92 Å². The molecule has 7 heteroatoms. The van der Waals surface area contributed by atoms with E-state index in [-0.39, 0.29) is 5.69 Å². The molecule has 2 aromatic rings. The lowest BCUT2D eigenvalue weighted by Crippen LogP contribution is -2.30. The molecule has 0 aromatic carbocycles. The van der Waals surface area contributed by atoms with Crippen molar-refractivity contribution < 1.29 is 0 Å². The quantitative estimate of drug-likeness (QED) is 0.872. The second kappa shape index (κ2) is 7.40. The Bertz CT molecular complexity index is 696. The van der Waals surface area contributed by atoms with Gasteiger partial charge in [0.05, 0.1) is 17.2 Å². The van der Waals surface area contributed by atoms with E-state index >= 15 is 0 Å². The predicted octanol–water partition coefficient (Wildman–Crippen LogP) is 1.67. The lowest BCUT2D eigenvalue weighted by molar-refractivity contribution is 0.362. The van der Waals surface area contributed by atoms with Crippen LogP contribution in [0.3, 0.4) is 0 Å². The van der Waals surface area contributed by atoms with Crippen LogP contribution in [0, 0.1) is 5.92 Å². The summed E-state index contributed by atoms with van der Waals surface area (Å²) in [5.74, 6) is 1.55. The van der Waals surface area contributed by atoms with E-state index in [0.717, 1.165) is 55.3 Å². The Hall–Kier alpha value is -1.47. The Morgan fingerprint density at radius 1 is 1.35 bits per heavy atom. The first-order valence-corrected chi connectivity index (χ1v) is 9.39. The highest BCUT2D eigenvalue weighted by Gasteiger charge is 2.19. The second-order valence-electron chi connectivity index (χ2n) is 6.08. The molecule has 0 aliphatic carbocycles. The Labute approximate surface area is 140 Å². The van der Waals surface area contributed by atoms with Crippen molar-refractivity contribution in [2.75, 3.05) is 13.1 Å². The fraction of sp³-hybridized carbons (Fsp3) is 0.688. The van der Waals surface area contributed by atoms with Crippen LogP contribution in [0.4, 0.5) is 0 Å². The van der Waals surface area contributed by atoms with Gasteiger partial charge in [0.25, 0.3) is 0 Å². The van der Waals surface area contributed by atoms with Gasteiger partial charge in [0.2, 0.25) is 0 Å². The van der Waals surface area contributed by atoms with Gasteiger partial charge < -0.3 is 5.32 Å². The molecule has 3 rings (SSSR count). The van der Waals surface area contributed by atoms with Gasteiger partial charge in [-0.05, 0) is 45.2 Å². The smallest absolute Gasteiger partial charge is 0.317 e. The van der Waals surface area contributed by atoms with Crippen molar-refractivity contribution in [1.82, 2.24) is 24.6 Å². The number of rotatable bonds is 6. The molecule has 0 bridgehead atoms. The standard InChI is InChI=1S/C16H25N5OS/c1-3-15-18-13(11-23-15)10-21-16(22)20(4-2)14(19-21)9-12-5-7-17-8-6-12/h11-12,17H,3-10H2,1-2H3. The largest absolute Gasteiger partial charge is 0.346 e. The summed E-state index contributed by atoms with van der Waals surface area (Å²) in [7, 11) is 0. The molecule has 0 unspecified atom stereocenters. The Kier molecular flexibility index (Phi) is 5.27. The number of thiazole rings is 1. The lowest BCUT2D eigenvalue weighted by Gasteiger charge is -2.21. The minimum atomic E-state index is -0.0116. The fourth-order valence-corrected chi connectivity index (χ4v) is 3.87. The molecule has 23 heavy (non-hydrogen) atoms. The van der Waals surface area contributed by atoms with Crippen LogP contribution in [0.25, 0.3) is 0 Å². The van der Waals surface area contributed by atoms with E-state index in [1.54, 1.807) is 16.0 Å². The van der Waals surface area contributed by atoms with Gasteiger partial charge in [-0.1, -0.05) is 6.92 Å². The van der Waals surface area contributed by atoms with Crippen LogP contribution in [-0.2, 0) is 25.9 Å². The molecule has 1 aliphatic heterocycles. The van der Waals surface area contributed by atoms with Crippen LogP contribution in [0.1, 0.15) is 43.2 Å². The van der Waals surface area contributed by atoms with Crippen LogP contribution >= 0.6 is 11.3 Å². The minimum Gasteiger partial charge on any atom is -0.317 e. The maximum absolute atomic E-state index is 12.6. The SMILES string of the molecule is CCc1nc(Cn2nc(CC3CCNCC3)n(CC)c2=O)cs1. The summed E-state index contributed by atoms with van der Waals surface area (Å²) in [6.45, 7) is 7.40. The van der Waals surface area contributed by atoms with Gasteiger partial charge in [0.15, 0.2) is 0 Å². The van der Waals surface area contributed by atoms with Gasteiger partial charge in [0, 0.05) is 18.3 Å². The van der Waals surface area contributed by atoms with Crippen LogP contribution in [0.5, 0.6) is 0 Å². The van der Waals surface area contributed by atoms with Crippen molar-refractivity contribution in [2.45, 2.75) is 52.6 Å². The summed E-state index contributed by atoms with van der Waals surface area (Å²) in [6, 6.07) is 0. The van der Waals surface area contributed by atoms with Crippen molar-refractivity contribution in [3.63, 3.8) is 0 Å². The van der Waals surface area contributed by atoms with E-state index in [9.17, 15) is 4.79 Å². The van der Waals surface area contributed by atoms with Crippen molar-refractivity contribution >= 4 is 11.3 Å². The molecule has 1 saturated heterocycles.